The predicted octanol–water partition coefficient (Wildman–Crippen LogP) is 2.89. The molecular weight excluding hydrogens is 320 g/mol. The van der Waals surface area contributed by atoms with Crippen LogP contribution in [0.5, 0.6) is 0 Å². The van der Waals surface area contributed by atoms with Gasteiger partial charge in [-0.3, -0.25) is 0 Å². The van der Waals surface area contributed by atoms with Crippen molar-refractivity contribution in [3.8, 4) is 0 Å². The van der Waals surface area contributed by atoms with Crippen molar-refractivity contribution in [1.82, 2.24) is 5.32 Å². The minimum atomic E-state index is -1.32. The van der Waals surface area contributed by atoms with Gasteiger partial charge in [0.25, 0.3) is 0 Å². The molecule has 0 aromatic heterocycles. The number of rotatable bonds is 6. The smallest absolute Gasteiger partial charge is 0.408 e. The lowest BCUT2D eigenvalue weighted by Gasteiger charge is -2.15. The summed E-state index contributed by atoms with van der Waals surface area (Å²) in [7, 11) is 0. The first-order valence-electron chi connectivity index (χ1n) is 7.09. The van der Waals surface area contributed by atoms with Gasteiger partial charge in [0, 0.05) is 6.42 Å². The first-order chi connectivity index (χ1) is 11.5. The van der Waals surface area contributed by atoms with E-state index < -0.39 is 29.7 Å². The zero-order valence-electron chi connectivity index (χ0n) is 12.5. The van der Waals surface area contributed by atoms with E-state index in [0.29, 0.717) is 0 Å². The molecule has 24 heavy (non-hydrogen) atoms. The minimum absolute atomic E-state index is 0.00973. The van der Waals surface area contributed by atoms with Crippen molar-refractivity contribution in [2.75, 3.05) is 0 Å². The Labute approximate surface area is 136 Å². The van der Waals surface area contributed by atoms with Crippen LogP contribution in [0.3, 0.4) is 0 Å². The number of alkyl carbamates (subject to hydrolysis) is 1. The maximum absolute atomic E-state index is 13.2. The maximum Gasteiger partial charge on any atom is 0.408 e. The Morgan fingerprint density at radius 2 is 1.75 bits per heavy atom. The minimum Gasteiger partial charge on any atom is -0.480 e. The summed E-state index contributed by atoms with van der Waals surface area (Å²) >= 11 is 0. The van der Waals surface area contributed by atoms with E-state index in [1.807, 2.05) is 6.07 Å². The molecule has 2 rings (SSSR count). The van der Waals surface area contributed by atoms with Crippen LogP contribution in [-0.4, -0.2) is 23.2 Å². The van der Waals surface area contributed by atoms with Gasteiger partial charge in [0.2, 0.25) is 0 Å². The predicted molar refractivity (Wildman–Crippen MR) is 81.2 cm³/mol. The molecule has 0 heterocycles. The van der Waals surface area contributed by atoms with Gasteiger partial charge in [-0.2, -0.15) is 0 Å². The molecule has 2 N–H and O–H groups in total. The molecule has 5 nitrogen and oxygen atoms in total. The summed E-state index contributed by atoms with van der Waals surface area (Å²) in [5, 5.41) is 11.3. The van der Waals surface area contributed by atoms with Crippen LogP contribution in [-0.2, 0) is 22.6 Å². The van der Waals surface area contributed by atoms with Crippen molar-refractivity contribution in [3.63, 3.8) is 0 Å². The molecule has 2 aromatic rings. The monoisotopic (exact) mass is 335 g/mol. The average Bonchev–Trinajstić information content (AvgIpc) is 2.56. The molecule has 1 atom stereocenters. The molecule has 0 aliphatic carbocycles. The molecule has 126 valence electrons. The number of aliphatic carboxylic acids is 1. The maximum atomic E-state index is 13.2. The number of amides is 1. The Morgan fingerprint density at radius 3 is 2.38 bits per heavy atom. The van der Waals surface area contributed by atoms with Crippen LogP contribution in [0.25, 0.3) is 0 Å². The van der Waals surface area contributed by atoms with E-state index in [2.05, 4.69) is 5.32 Å². The number of benzene rings is 2. The molecule has 0 aliphatic heterocycles. The molecule has 0 aliphatic rings. The van der Waals surface area contributed by atoms with Crippen molar-refractivity contribution in [2.45, 2.75) is 19.1 Å². The second kappa shape index (κ2) is 8.05. The first-order valence-corrected chi connectivity index (χ1v) is 7.09. The molecular formula is C17H15F2NO4. The topological polar surface area (TPSA) is 75.6 Å². The third-order valence-corrected chi connectivity index (χ3v) is 3.23. The summed E-state index contributed by atoms with van der Waals surface area (Å²) in [4.78, 5) is 22.9. The highest BCUT2D eigenvalue weighted by molar-refractivity contribution is 5.80. The summed E-state index contributed by atoms with van der Waals surface area (Å²) in [5.74, 6) is -3.42. The number of halogens is 2. The van der Waals surface area contributed by atoms with Crippen LogP contribution in [0.4, 0.5) is 13.6 Å². The quantitative estimate of drug-likeness (QED) is 0.851. The van der Waals surface area contributed by atoms with Crippen molar-refractivity contribution >= 4 is 12.1 Å². The second-order valence-corrected chi connectivity index (χ2v) is 5.05. The Kier molecular flexibility index (Phi) is 5.83. The zero-order valence-corrected chi connectivity index (χ0v) is 12.5. The number of hydrogen-bond donors (Lipinski definition) is 2. The van der Waals surface area contributed by atoms with Crippen molar-refractivity contribution in [1.29, 1.82) is 0 Å². The molecule has 0 radical (unpaired) electrons. The molecule has 7 heteroatoms. The van der Waals surface area contributed by atoms with E-state index in [9.17, 15) is 18.4 Å². The second-order valence-electron chi connectivity index (χ2n) is 5.05. The Morgan fingerprint density at radius 1 is 1.04 bits per heavy atom. The highest BCUT2D eigenvalue weighted by Crippen LogP contribution is 2.11. The van der Waals surface area contributed by atoms with Crippen LogP contribution in [0.1, 0.15) is 11.1 Å². The molecule has 0 saturated carbocycles. The van der Waals surface area contributed by atoms with Crippen molar-refractivity contribution in [3.05, 3.63) is 71.3 Å². The fourth-order valence-electron chi connectivity index (χ4n) is 2.01. The number of hydrogen-bond acceptors (Lipinski definition) is 3. The number of carbonyl (C=O) groups excluding carboxylic acids is 1. The van der Waals surface area contributed by atoms with E-state index in [1.54, 1.807) is 24.3 Å². The number of carboxylic acid groups (broad SMARTS) is 1. The molecule has 0 unspecified atom stereocenters. The lowest BCUT2D eigenvalue weighted by atomic mass is 10.1. The van der Waals surface area contributed by atoms with Gasteiger partial charge in [0.15, 0.2) is 11.6 Å². The standard InChI is InChI=1S/C17H15F2NO4/c18-13-7-6-12(8-14(13)19)9-15(16(21)22)20-17(23)24-10-11-4-2-1-3-5-11/h1-8,15H,9-10H2,(H,20,23)(H,21,22)/t15-/m0/s1. The molecule has 0 spiro atoms. The van der Waals surface area contributed by atoms with E-state index in [-0.39, 0.29) is 18.6 Å². The van der Waals surface area contributed by atoms with Crippen LogP contribution < -0.4 is 5.32 Å². The Hall–Kier alpha value is -2.96. The number of ether oxygens (including phenoxy) is 1. The lowest BCUT2D eigenvalue weighted by Crippen LogP contribution is -2.42. The highest BCUT2D eigenvalue weighted by atomic mass is 19.2. The van der Waals surface area contributed by atoms with Crippen molar-refractivity contribution in [2.24, 2.45) is 0 Å². The van der Waals surface area contributed by atoms with Crippen molar-refractivity contribution < 1.29 is 28.2 Å². The summed E-state index contributed by atoms with van der Waals surface area (Å²) in [5.41, 5.74) is 0.991. The highest BCUT2D eigenvalue weighted by Gasteiger charge is 2.21. The third-order valence-electron chi connectivity index (χ3n) is 3.23. The van der Waals surface area contributed by atoms with E-state index in [4.69, 9.17) is 9.84 Å². The van der Waals surface area contributed by atoms with Gasteiger partial charge in [-0.05, 0) is 23.3 Å². The van der Waals surface area contributed by atoms with Crippen LogP contribution in [0.2, 0.25) is 0 Å². The van der Waals surface area contributed by atoms with E-state index in [0.717, 1.165) is 17.7 Å². The summed E-state index contributed by atoms with van der Waals surface area (Å²) < 4.78 is 31.0. The molecule has 1 amide bonds. The number of nitrogens with one attached hydrogen (secondary N) is 1. The van der Waals surface area contributed by atoms with Gasteiger partial charge in [-0.25, -0.2) is 18.4 Å². The van der Waals surface area contributed by atoms with E-state index in [1.165, 1.54) is 6.07 Å². The lowest BCUT2D eigenvalue weighted by molar-refractivity contribution is -0.139. The average molecular weight is 335 g/mol. The van der Waals surface area contributed by atoms with E-state index >= 15 is 0 Å². The van der Waals surface area contributed by atoms with Crippen LogP contribution >= 0.6 is 0 Å². The summed E-state index contributed by atoms with van der Waals surface area (Å²) in [6.07, 6.45) is -1.11. The normalized spacial score (nSPS) is 11.6. The van der Waals surface area contributed by atoms with Gasteiger partial charge in [0.05, 0.1) is 0 Å². The van der Waals surface area contributed by atoms with Gasteiger partial charge < -0.3 is 15.2 Å². The summed E-state index contributed by atoms with van der Waals surface area (Å²) in [6, 6.07) is 10.6. The first kappa shape index (κ1) is 17.4. The van der Waals surface area contributed by atoms with Crippen LogP contribution in [0.15, 0.2) is 48.5 Å². The molecule has 0 bridgehead atoms. The zero-order chi connectivity index (χ0) is 17.5. The number of carbonyl (C=O) groups is 2. The Bertz CT molecular complexity index is 722. The summed E-state index contributed by atoms with van der Waals surface area (Å²) in [6.45, 7) is -0.00973. The van der Waals surface area contributed by atoms with Gasteiger partial charge in [-0.1, -0.05) is 36.4 Å². The molecule has 0 saturated heterocycles. The van der Waals surface area contributed by atoms with Gasteiger partial charge in [0.1, 0.15) is 12.6 Å². The SMILES string of the molecule is O=C(N[C@@H](Cc1ccc(F)c(F)c1)C(=O)O)OCc1ccccc1. The van der Waals surface area contributed by atoms with Gasteiger partial charge in [-0.15, -0.1) is 0 Å². The van der Waals surface area contributed by atoms with Gasteiger partial charge >= 0.3 is 12.1 Å². The number of carboxylic acids is 1. The Balaban J connectivity index is 1.93. The largest absolute Gasteiger partial charge is 0.480 e. The molecule has 2 aromatic carbocycles. The van der Waals surface area contributed by atoms with Crippen LogP contribution in [0, 0.1) is 11.6 Å². The molecule has 0 fully saturated rings. The fraction of sp³-hybridized carbons (Fsp3) is 0.176. The fourth-order valence-corrected chi connectivity index (χ4v) is 2.01. The third kappa shape index (κ3) is 5.05.